The van der Waals surface area contributed by atoms with E-state index in [1.165, 1.54) is 6.07 Å². The predicted octanol–water partition coefficient (Wildman–Crippen LogP) is 2.83. The number of para-hydroxylation sites is 1. The Bertz CT molecular complexity index is 736. The van der Waals surface area contributed by atoms with Gasteiger partial charge in [0.1, 0.15) is 23.2 Å². The van der Waals surface area contributed by atoms with Crippen LogP contribution in [0.2, 0.25) is 0 Å². The molecule has 2 heterocycles. The molecule has 3 rings (SSSR count). The van der Waals surface area contributed by atoms with Crippen molar-refractivity contribution >= 4 is 11.0 Å². The Morgan fingerprint density at radius 3 is 2.80 bits per heavy atom. The predicted molar refractivity (Wildman–Crippen MR) is 74.3 cm³/mol. The molecule has 0 aliphatic heterocycles. The maximum absolute atomic E-state index is 12.9. The highest BCUT2D eigenvalue weighted by Gasteiger charge is 2.19. The number of rotatable bonds is 3. The van der Waals surface area contributed by atoms with E-state index >= 15 is 0 Å². The number of hydrogen-bond donors (Lipinski definition) is 2. The van der Waals surface area contributed by atoms with Crippen LogP contribution in [0.4, 0.5) is 4.39 Å². The van der Waals surface area contributed by atoms with Crippen molar-refractivity contribution in [2.45, 2.75) is 13.0 Å². The summed E-state index contributed by atoms with van der Waals surface area (Å²) in [4.78, 5) is 4.04. The van der Waals surface area contributed by atoms with Gasteiger partial charge >= 0.3 is 0 Å². The third-order valence-electron chi connectivity index (χ3n) is 3.26. The number of pyridine rings is 1. The summed E-state index contributed by atoms with van der Waals surface area (Å²) >= 11 is 0. The Balaban J connectivity index is 2.07. The number of aromatic nitrogens is 1. The van der Waals surface area contributed by atoms with Gasteiger partial charge < -0.3 is 4.42 Å². The molecule has 5 heteroatoms. The van der Waals surface area contributed by atoms with Crippen LogP contribution >= 0.6 is 0 Å². The minimum Gasteiger partial charge on any atom is -0.459 e. The average Bonchev–Trinajstić information content (AvgIpc) is 2.87. The number of fused-ring (bicyclic) bond motifs is 1. The number of nitrogens with zero attached hydrogens (tertiary/aromatic N) is 1. The summed E-state index contributed by atoms with van der Waals surface area (Å²) in [5, 5.41) is 1.00. The first kappa shape index (κ1) is 12.8. The van der Waals surface area contributed by atoms with Crippen molar-refractivity contribution in [1.82, 2.24) is 10.4 Å². The van der Waals surface area contributed by atoms with Gasteiger partial charge in [-0.05, 0) is 30.7 Å². The average molecular weight is 271 g/mol. The normalized spacial score (nSPS) is 12.8. The minimum atomic E-state index is -0.414. The summed E-state index contributed by atoms with van der Waals surface area (Å²) in [6.45, 7) is 1.98. The van der Waals surface area contributed by atoms with Crippen molar-refractivity contribution in [1.29, 1.82) is 0 Å². The van der Waals surface area contributed by atoms with E-state index in [0.29, 0.717) is 11.5 Å². The molecule has 1 aromatic carbocycles. The highest BCUT2D eigenvalue weighted by molar-refractivity contribution is 5.81. The number of halogens is 1. The molecule has 3 N–H and O–H groups in total. The second kappa shape index (κ2) is 5.03. The molecule has 2 aromatic heterocycles. The summed E-state index contributed by atoms with van der Waals surface area (Å²) in [5.74, 6) is 5.86. The standard InChI is InChI=1S/C15H14FN3O/c1-9-3-2-4-10-7-13(20-15(9)10)14(19-17)12-6-5-11(16)8-18-12/h2-8,14,19H,17H2,1H3. The van der Waals surface area contributed by atoms with Gasteiger partial charge in [0.2, 0.25) is 0 Å². The number of furan rings is 1. The number of hydrazine groups is 1. The van der Waals surface area contributed by atoms with Crippen LogP contribution in [0.5, 0.6) is 0 Å². The topological polar surface area (TPSA) is 64.1 Å². The molecule has 0 spiro atoms. The van der Waals surface area contributed by atoms with Gasteiger partial charge in [0.05, 0.1) is 11.9 Å². The molecule has 0 fully saturated rings. The van der Waals surface area contributed by atoms with Gasteiger partial charge in [0.15, 0.2) is 0 Å². The van der Waals surface area contributed by atoms with E-state index in [1.807, 2.05) is 31.2 Å². The van der Waals surface area contributed by atoms with E-state index < -0.39 is 6.04 Å². The number of benzene rings is 1. The zero-order valence-corrected chi connectivity index (χ0v) is 10.9. The molecule has 1 atom stereocenters. The first-order chi connectivity index (χ1) is 9.69. The van der Waals surface area contributed by atoms with Gasteiger partial charge in [-0.15, -0.1) is 0 Å². The lowest BCUT2D eigenvalue weighted by Crippen LogP contribution is -2.29. The van der Waals surface area contributed by atoms with E-state index in [4.69, 9.17) is 10.3 Å². The number of nitrogens with two attached hydrogens (primary N) is 1. The molecule has 0 aliphatic carbocycles. The highest BCUT2D eigenvalue weighted by Crippen LogP contribution is 2.28. The number of aryl methyl sites for hydroxylation is 1. The van der Waals surface area contributed by atoms with Crippen LogP contribution in [0.3, 0.4) is 0 Å². The van der Waals surface area contributed by atoms with Crippen molar-refractivity contribution in [3.63, 3.8) is 0 Å². The van der Waals surface area contributed by atoms with Crippen LogP contribution in [0.1, 0.15) is 23.1 Å². The number of hydrogen-bond acceptors (Lipinski definition) is 4. The second-order valence-corrected chi connectivity index (χ2v) is 4.64. The molecule has 20 heavy (non-hydrogen) atoms. The second-order valence-electron chi connectivity index (χ2n) is 4.64. The van der Waals surface area contributed by atoms with Gasteiger partial charge in [-0.3, -0.25) is 10.8 Å². The molecule has 0 saturated heterocycles. The van der Waals surface area contributed by atoms with Crippen LogP contribution < -0.4 is 11.3 Å². The Kier molecular flexibility index (Phi) is 3.22. The van der Waals surface area contributed by atoms with E-state index in [2.05, 4.69) is 10.4 Å². The van der Waals surface area contributed by atoms with Crippen molar-refractivity contribution in [3.8, 4) is 0 Å². The fraction of sp³-hybridized carbons (Fsp3) is 0.133. The summed E-state index contributed by atoms with van der Waals surface area (Å²) in [5.41, 5.74) is 5.13. The monoisotopic (exact) mass is 271 g/mol. The molecule has 0 bridgehead atoms. The molecular formula is C15H14FN3O. The largest absolute Gasteiger partial charge is 0.459 e. The van der Waals surface area contributed by atoms with Gasteiger partial charge in [-0.1, -0.05) is 18.2 Å². The van der Waals surface area contributed by atoms with Gasteiger partial charge in [-0.2, -0.15) is 0 Å². The fourth-order valence-electron chi connectivity index (χ4n) is 2.24. The molecule has 0 saturated carbocycles. The first-order valence-corrected chi connectivity index (χ1v) is 6.25. The van der Waals surface area contributed by atoms with Crippen molar-refractivity contribution in [2.75, 3.05) is 0 Å². The van der Waals surface area contributed by atoms with E-state index in [1.54, 1.807) is 6.07 Å². The lowest BCUT2D eigenvalue weighted by atomic mass is 10.1. The molecule has 102 valence electrons. The molecule has 1 unspecified atom stereocenters. The van der Waals surface area contributed by atoms with Crippen LogP contribution in [0, 0.1) is 12.7 Å². The summed E-state index contributed by atoms with van der Waals surface area (Å²) in [7, 11) is 0. The van der Waals surface area contributed by atoms with Crippen LogP contribution in [-0.4, -0.2) is 4.98 Å². The zero-order chi connectivity index (χ0) is 14.1. The van der Waals surface area contributed by atoms with Crippen molar-refractivity contribution < 1.29 is 8.81 Å². The third kappa shape index (κ3) is 2.17. The number of nitrogens with one attached hydrogen (secondary N) is 1. The Morgan fingerprint density at radius 1 is 1.30 bits per heavy atom. The molecule has 0 radical (unpaired) electrons. The SMILES string of the molecule is Cc1cccc2cc(C(NN)c3ccc(F)cn3)oc12. The van der Waals surface area contributed by atoms with Crippen LogP contribution in [0.15, 0.2) is 47.0 Å². The van der Waals surface area contributed by atoms with E-state index in [-0.39, 0.29) is 5.82 Å². The van der Waals surface area contributed by atoms with Crippen LogP contribution in [-0.2, 0) is 0 Å². The van der Waals surface area contributed by atoms with E-state index in [9.17, 15) is 4.39 Å². The maximum Gasteiger partial charge on any atom is 0.141 e. The summed E-state index contributed by atoms with van der Waals surface area (Å²) in [6.07, 6.45) is 1.16. The quantitative estimate of drug-likeness (QED) is 0.568. The lowest BCUT2D eigenvalue weighted by molar-refractivity contribution is 0.469. The van der Waals surface area contributed by atoms with Gasteiger partial charge in [0.25, 0.3) is 0 Å². The lowest BCUT2D eigenvalue weighted by Gasteiger charge is -2.12. The minimum absolute atomic E-state index is 0.384. The third-order valence-corrected chi connectivity index (χ3v) is 3.26. The Labute approximate surface area is 115 Å². The Morgan fingerprint density at radius 2 is 2.15 bits per heavy atom. The summed E-state index contributed by atoms with van der Waals surface area (Å²) in [6, 6.07) is 10.4. The van der Waals surface area contributed by atoms with E-state index in [0.717, 1.165) is 22.7 Å². The highest BCUT2D eigenvalue weighted by atomic mass is 19.1. The first-order valence-electron chi connectivity index (χ1n) is 6.25. The smallest absolute Gasteiger partial charge is 0.141 e. The fourth-order valence-corrected chi connectivity index (χ4v) is 2.24. The van der Waals surface area contributed by atoms with Crippen molar-refractivity contribution in [2.24, 2.45) is 5.84 Å². The van der Waals surface area contributed by atoms with Gasteiger partial charge in [-0.25, -0.2) is 9.82 Å². The van der Waals surface area contributed by atoms with Crippen LogP contribution in [0.25, 0.3) is 11.0 Å². The van der Waals surface area contributed by atoms with Gasteiger partial charge in [0, 0.05) is 5.39 Å². The summed E-state index contributed by atoms with van der Waals surface area (Å²) < 4.78 is 18.8. The zero-order valence-electron chi connectivity index (χ0n) is 10.9. The Hall–Kier alpha value is -2.24. The molecule has 3 aromatic rings. The molecular weight excluding hydrogens is 257 g/mol. The molecule has 0 aliphatic rings. The molecule has 0 amide bonds. The molecule has 4 nitrogen and oxygen atoms in total. The maximum atomic E-state index is 12.9. The van der Waals surface area contributed by atoms with Crippen molar-refractivity contribution in [3.05, 3.63) is 65.4 Å².